The van der Waals surface area contributed by atoms with E-state index in [0.29, 0.717) is 5.91 Å². The fourth-order valence-electron chi connectivity index (χ4n) is 4.30. The zero-order valence-corrected chi connectivity index (χ0v) is 16.8. The van der Waals surface area contributed by atoms with Gasteiger partial charge in [-0.05, 0) is 57.8 Å². The van der Waals surface area contributed by atoms with Gasteiger partial charge in [-0.15, -0.1) is 0 Å². The van der Waals surface area contributed by atoms with Crippen molar-refractivity contribution in [2.45, 2.75) is 51.5 Å². The molecule has 0 saturated carbocycles. The first kappa shape index (κ1) is 19.9. The summed E-state index contributed by atoms with van der Waals surface area (Å²) in [5.41, 5.74) is 0.917. The van der Waals surface area contributed by atoms with Gasteiger partial charge in [0.1, 0.15) is 0 Å². The van der Waals surface area contributed by atoms with Crippen LogP contribution in [-0.2, 0) is 9.59 Å². The third kappa shape index (κ3) is 4.89. The molecule has 1 aromatic rings. The quantitative estimate of drug-likeness (QED) is 0.817. The maximum Gasteiger partial charge on any atom is 0.243 e. The number of para-hydroxylation sites is 1. The van der Waals surface area contributed by atoms with Crippen LogP contribution in [0.4, 0.5) is 5.69 Å². The number of hydrogen-bond acceptors (Lipinski definition) is 3. The topological polar surface area (TPSA) is 43.9 Å². The van der Waals surface area contributed by atoms with Crippen LogP contribution in [0.3, 0.4) is 0 Å². The fourth-order valence-corrected chi connectivity index (χ4v) is 4.30. The van der Waals surface area contributed by atoms with E-state index in [9.17, 15) is 9.59 Å². The number of benzene rings is 1. The summed E-state index contributed by atoms with van der Waals surface area (Å²) in [7, 11) is 1.84. The van der Waals surface area contributed by atoms with E-state index in [2.05, 4.69) is 9.80 Å². The second-order valence-electron chi connectivity index (χ2n) is 7.96. The zero-order valence-electron chi connectivity index (χ0n) is 16.8. The summed E-state index contributed by atoms with van der Waals surface area (Å²) in [5, 5.41) is 0. The van der Waals surface area contributed by atoms with Gasteiger partial charge in [-0.25, -0.2) is 0 Å². The highest BCUT2D eigenvalue weighted by molar-refractivity contribution is 5.96. The molecule has 0 bridgehead atoms. The molecular weight excluding hydrogens is 338 g/mol. The average molecular weight is 372 g/mol. The lowest BCUT2D eigenvalue weighted by molar-refractivity contribution is -0.137. The number of likely N-dealkylation sites (tertiary alicyclic amines) is 2. The number of amides is 2. The van der Waals surface area contributed by atoms with Crippen LogP contribution in [0.2, 0.25) is 0 Å². The number of anilines is 1. The van der Waals surface area contributed by atoms with Gasteiger partial charge in [-0.1, -0.05) is 31.0 Å². The van der Waals surface area contributed by atoms with E-state index in [1.807, 2.05) is 44.3 Å². The molecule has 2 heterocycles. The fraction of sp³-hybridized carbons (Fsp3) is 0.636. The first-order valence-electron chi connectivity index (χ1n) is 10.4. The highest BCUT2D eigenvalue weighted by Crippen LogP contribution is 2.24. The molecule has 27 heavy (non-hydrogen) atoms. The molecule has 0 N–H and O–H groups in total. The first-order chi connectivity index (χ1) is 13.1. The monoisotopic (exact) mass is 371 g/mol. The third-order valence-corrected chi connectivity index (χ3v) is 6.18. The SMILES string of the molecule is CC(C(=O)N(C)c1ccccc1)N1CCC(C(=O)N2CCCCCC2)CC1. The van der Waals surface area contributed by atoms with E-state index < -0.39 is 0 Å². The van der Waals surface area contributed by atoms with Crippen LogP contribution in [-0.4, -0.2) is 60.9 Å². The molecule has 1 atom stereocenters. The third-order valence-electron chi connectivity index (χ3n) is 6.18. The number of carbonyl (C=O) groups excluding carboxylic acids is 2. The highest BCUT2D eigenvalue weighted by atomic mass is 16.2. The molecule has 2 fully saturated rings. The molecule has 2 aliphatic rings. The van der Waals surface area contributed by atoms with Crippen LogP contribution in [0, 0.1) is 5.92 Å². The van der Waals surface area contributed by atoms with Crippen LogP contribution in [0.25, 0.3) is 0 Å². The summed E-state index contributed by atoms with van der Waals surface area (Å²) in [6.45, 7) is 5.48. The predicted octanol–water partition coefficient (Wildman–Crippen LogP) is 3.15. The van der Waals surface area contributed by atoms with Gasteiger partial charge in [0, 0.05) is 31.7 Å². The number of rotatable bonds is 4. The molecule has 5 nitrogen and oxygen atoms in total. The lowest BCUT2D eigenvalue weighted by Crippen LogP contribution is -2.50. The summed E-state index contributed by atoms with van der Waals surface area (Å²) in [4.78, 5) is 31.7. The predicted molar refractivity (Wildman–Crippen MR) is 109 cm³/mol. The van der Waals surface area contributed by atoms with Gasteiger partial charge >= 0.3 is 0 Å². The first-order valence-corrected chi connectivity index (χ1v) is 10.4. The number of piperidine rings is 1. The Morgan fingerprint density at radius 3 is 2.15 bits per heavy atom. The Morgan fingerprint density at radius 1 is 0.963 bits per heavy atom. The molecule has 3 rings (SSSR count). The lowest BCUT2D eigenvalue weighted by Gasteiger charge is -2.37. The Kier molecular flexibility index (Phi) is 6.89. The van der Waals surface area contributed by atoms with Crippen molar-refractivity contribution in [2.75, 3.05) is 38.1 Å². The zero-order chi connectivity index (χ0) is 19.2. The molecule has 2 aliphatic heterocycles. The maximum atomic E-state index is 12.9. The van der Waals surface area contributed by atoms with E-state index >= 15 is 0 Å². The molecule has 0 spiro atoms. The van der Waals surface area contributed by atoms with Crippen molar-refractivity contribution in [1.29, 1.82) is 0 Å². The van der Waals surface area contributed by atoms with Gasteiger partial charge in [0.25, 0.3) is 0 Å². The van der Waals surface area contributed by atoms with Crippen molar-refractivity contribution in [3.8, 4) is 0 Å². The smallest absolute Gasteiger partial charge is 0.243 e. The number of hydrogen-bond donors (Lipinski definition) is 0. The van der Waals surface area contributed by atoms with E-state index in [1.54, 1.807) is 4.90 Å². The van der Waals surface area contributed by atoms with E-state index in [1.165, 1.54) is 12.8 Å². The molecule has 1 unspecified atom stereocenters. The summed E-state index contributed by atoms with van der Waals surface area (Å²) in [6, 6.07) is 9.60. The second-order valence-corrected chi connectivity index (χ2v) is 7.96. The van der Waals surface area contributed by atoms with Crippen molar-refractivity contribution in [2.24, 2.45) is 5.92 Å². The van der Waals surface area contributed by atoms with Gasteiger partial charge in [-0.2, -0.15) is 0 Å². The van der Waals surface area contributed by atoms with Crippen LogP contribution in [0.1, 0.15) is 45.4 Å². The second kappa shape index (κ2) is 9.36. The van der Waals surface area contributed by atoms with Crippen LogP contribution < -0.4 is 4.90 Å². The van der Waals surface area contributed by atoms with Crippen LogP contribution in [0.15, 0.2) is 30.3 Å². The van der Waals surface area contributed by atoms with Crippen molar-refractivity contribution >= 4 is 17.5 Å². The Bertz CT molecular complexity index is 618. The minimum atomic E-state index is -0.163. The number of nitrogens with zero attached hydrogens (tertiary/aromatic N) is 3. The number of likely N-dealkylation sites (N-methyl/N-ethyl adjacent to an activating group) is 1. The van der Waals surface area contributed by atoms with Crippen LogP contribution in [0.5, 0.6) is 0 Å². The largest absolute Gasteiger partial charge is 0.342 e. The van der Waals surface area contributed by atoms with Crippen molar-refractivity contribution in [1.82, 2.24) is 9.80 Å². The molecule has 0 radical (unpaired) electrons. The molecular formula is C22H33N3O2. The highest BCUT2D eigenvalue weighted by Gasteiger charge is 2.33. The van der Waals surface area contributed by atoms with Gasteiger partial charge in [0.05, 0.1) is 6.04 Å². The van der Waals surface area contributed by atoms with Gasteiger partial charge in [0.15, 0.2) is 0 Å². The van der Waals surface area contributed by atoms with Crippen molar-refractivity contribution < 1.29 is 9.59 Å². The molecule has 2 amide bonds. The van der Waals surface area contributed by atoms with E-state index in [0.717, 1.165) is 57.5 Å². The van der Waals surface area contributed by atoms with Crippen LogP contribution >= 0.6 is 0 Å². The average Bonchev–Trinajstić information content (AvgIpc) is 3.02. The Balaban J connectivity index is 1.52. The van der Waals surface area contributed by atoms with Crippen molar-refractivity contribution in [3.63, 3.8) is 0 Å². The molecule has 2 saturated heterocycles. The number of carbonyl (C=O) groups is 2. The molecule has 0 aromatic heterocycles. The molecule has 0 aliphatic carbocycles. The van der Waals surface area contributed by atoms with E-state index in [4.69, 9.17) is 0 Å². The van der Waals surface area contributed by atoms with Gasteiger partial charge in [0.2, 0.25) is 11.8 Å². The maximum absolute atomic E-state index is 12.9. The van der Waals surface area contributed by atoms with Gasteiger partial charge in [-0.3, -0.25) is 14.5 Å². The normalized spacial score (nSPS) is 20.7. The summed E-state index contributed by atoms with van der Waals surface area (Å²) >= 11 is 0. The lowest BCUT2D eigenvalue weighted by atomic mass is 9.94. The van der Waals surface area contributed by atoms with E-state index in [-0.39, 0.29) is 17.9 Å². The van der Waals surface area contributed by atoms with Gasteiger partial charge < -0.3 is 9.80 Å². The molecule has 1 aromatic carbocycles. The summed E-state index contributed by atoms with van der Waals surface area (Å²) in [5.74, 6) is 0.587. The summed E-state index contributed by atoms with van der Waals surface area (Å²) in [6.07, 6.45) is 6.50. The minimum absolute atomic E-state index is 0.110. The van der Waals surface area contributed by atoms with Crippen molar-refractivity contribution in [3.05, 3.63) is 30.3 Å². The Hall–Kier alpha value is -1.88. The molecule has 148 valence electrons. The summed E-state index contributed by atoms with van der Waals surface area (Å²) < 4.78 is 0. The minimum Gasteiger partial charge on any atom is -0.342 e. The Labute approximate surface area is 163 Å². The standard InChI is InChI=1S/C22H33N3O2/c1-18(21(26)23(2)20-10-6-5-7-11-20)24-16-12-19(13-17-24)22(27)25-14-8-3-4-9-15-25/h5-7,10-11,18-19H,3-4,8-9,12-17H2,1-2H3. The molecule has 5 heteroatoms. The Morgan fingerprint density at radius 2 is 1.56 bits per heavy atom.